The average molecular weight is 413 g/mol. The standard InChI is InChI=1S/C20H17ClN4O2S/c1-12-10-13(2)23-19(22-12)27-17-8-6-16(7-9-17)24-20(28)25-18(26)14-4-3-5-15(21)11-14/h3-11H,1-2H3,(H2,24,25,26,28). The molecule has 6 nitrogen and oxygen atoms in total. The maximum atomic E-state index is 12.2. The molecule has 0 spiro atoms. The van der Waals surface area contributed by atoms with Crippen LogP contribution in [-0.4, -0.2) is 21.0 Å². The van der Waals surface area contributed by atoms with Gasteiger partial charge in [0.25, 0.3) is 5.91 Å². The van der Waals surface area contributed by atoms with Crippen molar-refractivity contribution in [3.63, 3.8) is 0 Å². The number of halogens is 1. The lowest BCUT2D eigenvalue weighted by Gasteiger charge is -2.11. The molecule has 0 unspecified atom stereocenters. The Labute approximate surface area is 172 Å². The third kappa shape index (κ3) is 5.48. The highest BCUT2D eigenvalue weighted by molar-refractivity contribution is 7.80. The zero-order valence-corrected chi connectivity index (χ0v) is 16.8. The molecule has 142 valence electrons. The SMILES string of the molecule is Cc1cc(C)nc(Oc2ccc(NC(=S)NC(=O)c3cccc(Cl)c3)cc2)n1. The first-order valence-corrected chi connectivity index (χ1v) is 9.16. The number of nitrogens with one attached hydrogen (secondary N) is 2. The van der Waals surface area contributed by atoms with Gasteiger partial charge in [-0.2, -0.15) is 0 Å². The van der Waals surface area contributed by atoms with Gasteiger partial charge in [0.2, 0.25) is 0 Å². The first kappa shape index (κ1) is 19.7. The number of ether oxygens (including phenoxy) is 1. The third-order valence-electron chi connectivity index (χ3n) is 3.60. The summed E-state index contributed by atoms with van der Waals surface area (Å²) >= 11 is 11.1. The maximum absolute atomic E-state index is 12.2. The number of anilines is 1. The average Bonchev–Trinajstić information content (AvgIpc) is 2.62. The van der Waals surface area contributed by atoms with Gasteiger partial charge in [0.1, 0.15) is 5.75 Å². The fourth-order valence-electron chi connectivity index (χ4n) is 2.42. The molecule has 0 aliphatic rings. The topological polar surface area (TPSA) is 76.1 Å². The third-order valence-corrected chi connectivity index (χ3v) is 4.04. The van der Waals surface area contributed by atoms with Crippen LogP contribution in [0.4, 0.5) is 5.69 Å². The van der Waals surface area contributed by atoms with Crippen molar-refractivity contribution < 1.29 is 9.53 Å². The van der Waals surface area contributed by atoms with Crippen LogP contribution in [0.3, 0.4) is 0 Å². The lowest BCUT2D eigenvalue weighted by Crippen LogP contribution is -2.34. The van der Waals surface area contributed by atoms with E-state index in [0.29, 0.717) is 28.0 Å². The van der Waals surface area contributed by atoms with Gasteiger partial charge < -0.3 is 10.1 Å². The Bertz CT molecular complexity index is 1000. The molecular formula is C20H17ClN4O2S. The van der Waals surface area contributed by atoms with Crippen molar-refractivity contribution in [1.29, 1.82) is 0 Å². The molecule has 0 saturated heterocycles. The molecule has 1 aromatic heterocycles. The zero-order chi connectivity index (χ0) is 20.1. The Morgan fingerprint density at radius 2 is 1.71 bits per heavy atom. The lowest BCUT2D eigenvalue weighted by atomic mass is 10.2. The molecule has 0 bridgehead atoms. The Kier molecular flexibility index (Phi) is 6.18. The minimum Gasteiger partial charge on any atom is -0.424 e. The summed E-state index contributed by atoms with van der Waals surface area (Å²) in [6, 6.07) is 15.8. The molecule has 8 heteroatoms. The molecule has 2 N–H and O–H groups in total. The molecule has 0 aliphatic heterocycles. The number of aryl methyl sites for hydroxylation is 2. The number of nitrogens with zero attached hydrogens (tertiary/aromatic N) is 2. The summed E-state index contributed by atoms with van der Waals surface area (Å²) in [5.74, 6) is 0.247. The van der Waals surface area contributed by atoms with E-state index in [2.05, 4.69) is 20.6 Å². The molecule has 0 fully saturated rings. The first-order valence-electron chi connectivity index (χ1n) is 8.37. The van der Waals surface area contributed by atoms with Gasteiger partial charge in [-0.25, -0.2) is 9.97 Å². The fourth-order valence-corrected chi connectivity index (χ4v) is 2.82. The quantitative estimate of drug-likeness (QED) is 0.606. The molecule has 0 atom stereocenters. The number of aromatic nitrogens is 2. The summed E-state index contributed by atoms with van der Waals surface area (Å²) in [7, 11) is 0. The molecule has 0 radical (unpaired) electrons. The highest BCUT2D eigenvalue weighted by Crippen LogP contribution is 2.21. The zero-order valence-electron chi connectivity index (χ0n) is 15.2. The van der Waals surface area contributed by atoms with Crippen molar-refractivity contribution in [2.45, 2.75) is 13.8 Å². The Morgan fingerprint density at radius 1 is 1.04 bits per heavy atom. The van der Waals surface area contributed by atoms with Crippen LogP contribution >= 0.6 is 23.8 Å². The van der Waals surface area contributed by atoms with Crippen molar-refractivity contribution in [3.05, 3.63) is 76.6 Å². The number of hydrogen-bond donors (Lipinski definition) is 2. The highest BCUT2D eigenvalue weighted by Gasteiger charge is 2.09. The molecule has 3 aromatic rings. The highest BCUT2D eigenvalue weighted by atomic mass is 35.5. The smallest absolute Gasteiger partial charge is 0.322 e. The van der Waals surface area contributed by atoms with E-state index in [9.17, 15) is 4.79 Å². The van der Waals surface area contributed by atoms with Crippen LogP contribution in [0.1, 0.15) is 21.7 Å². The predicted octanol–water partition coefficient (Wildman–Crippen LogP) is 4.67. The van der Waals surface area contributed by atoms with Gasteiger partial charge in [0, 0.05) is 27.7 Å². The van der Waals surface area contributed by atoms with Gasteiger partial charge in [-0.3, -0.25) is 10.1 Å². The fraction of sp³-hybridized carbons (Fsp3) is 0.100. The number of benzene rings is 2. The Hall–Kier alpha value is -3.03. The van der Waals surface area contributed by atoms with Crippen LogP contribution in [0.5, 0.6) is 11.8 Å². The van der Waals surface area contributed by atoms with Crippen LogP contribution < -0.4 is 15.4 Å². The van der Waals surface area contributed by atoms with Gasteiger partial charge in [0.15, 0.2) is 5.11 Å². The predicted molar refractivity (Wildman–Crippen MR) is 113 cm³/mol. The molecule has 0 saturated carbocycles. The van der Waals surface area contributed by atoms with E-state index >= 15 is 0 Å². The van der Waals surface area contributed by atoms with E-state index < -0.39 is 0 Å². The Balaban J connectivity index is 1.59. The van der Waals surface area contributed by atoms with Gasteiger partial charge in [-0.15, -0.1) is 0 Å². The number of hydrogen-bond acceptors (Lipinski definition) is 5. The number of thiocarbonyl (C=S) groups is 1. The van der Waals surface area contributed by atoms with Crippen LogP contribution in [0.15, 0.2) is 54.6 Å². The number of carbonyl (C=O) groups excluding carboxylic acids is 1. The second kappa shape index (κ2) is 8.77. The van der Waals surface area contributed by atoms with Crippen LogP contribution in [0.25, 0.3) is 0 Å². The molecule has 28 heavy (non-hydrogen) atoms. The van der Waals surface area contributed by atoms with Crippen molar-refractivity contribution in [2.75, 3.05) is 5.32 Å². The molecule has 3 rings (SSSR count). The number of rotatable bonds is 4. The van der Waals surface area contributed by atoms with E-state index in [4.69, 9.17) is 28.6 Å². The van der Waals surface area contributed by atoms with Gasteiger partial charge in [-0.1, -0.05) is 17.7 Å². The minimum atomic E-state index is -0.341. The normalized spacial score (nSPS) is 10.2. The molecule has 1 amide bonds. The van der Waals surface area contributed by atoms with Crippen LogP contribution in [0.2, 0.25) is 5.02 Å². The molecular weight excluding hydrogens is 396 g/mol. The monoisotopic (exact) mass is 412 g/mol. The second-order valence-electron chi connectivity index (χ2n) is 5.98. The summed E-state index contributed by atoms with van der Waals surface area (Å²) in [6.07, 6.45) is 0. The summed E-state index contributed by atoms with van der Waals surface area (Å²) < 4.78 is 5.67. The van der Waals surface area contributed by atoms with E-state index in [-0.39, 0.29) is 11.0 Å². The van der Waals surface area contributed by atoms with Crippen molar-refractivity contribution >= 4 is 40.5 Å². The van der Waals surface area contributed by atoms with Crippen LogP contribution in [-0.2, 0) is 0 Å². The van der Waals surface area contributed by atoms with Gasteiger partial charge in [0.05, 0.1) is 0 Å². The summed E-state index contributed by atoms with van der Waals surface area (Å²) in [6.45, 7) is 3.76. The molecule has 1 heterocycles. The summed E-state index contributed by atoms with van der Waals surface area (Å²) in [5, 5.41) is 6.22. The van der Waals surface area contributed by atoms with Crippen molar-refractivity contribution in [1.82, 2.24) is 15.3 Å². The van der Waals surface area contributed by atoms with E-state index in [1.165, 1.54) is 0 Å². The van der Waals surface area contributed by atoms with Crippen molar-refractivity contribution in [2.24, 2.45) is 0 Å². The van der Waals surface area contributed by atoms with Gasteiger partial charge in [-0.05, 0) is 74.6 Å². The number of amides is 1. The molecule has 2 aromatic carbocycles. The summed E-state index contributed by atoms with van der Waals surface area (Å²) in [4.78, 5) is 20.7. The minimum absolute atomic E-state index is 0.177. The number of carbonyl (C=O) groups is 1. The summed E-state index contributed by atoms with van der Waals surface area (Å²) in [5.41, 5.74) is 2.79. The van der Waals surface area contributed by atoms with Gasteiger partial charge >= 0.3 is 6.01 Å². The van der Waals surface area contributed by atoms with E-state index in [0.717, 1.165) is 11.4 Å². The van der Waals surface area contributed by atoms with Crippen molar-refractivity contribution in [3.8, 4) is 11.8 Å². The largest absolute Gasteiger partial charge is 0.424 e. The molecule has 0 aliphatic carbocycles. The van der Waals surface area contributed by atoms with E-state index in [1.54, 1.807) is 48.5 Å². The second-order valence-corrected chi connectivity index (χ2v) is 6.82. The van der Waals surface area contributed by atoms with E-state index in [1.807, 2.05) is 19.9 Å². The first-order chi connectivity index (χ1) is 13.4. The Morgan fingerprint density at radius 3 is 2.36 bits per heavy atom. The maximum Gasteiger partial charge on any atom is 0.322 e. The lowest BCUT2D eigenvalue weighted by molar-refractivity contribution is 0.0977. The van der Waals surface area contributed by atoms with Crippen LogP contribution in [0, 0.1) is 13.8 Å².